The number of hydrogen-bond donors (Lipinski definition) is 0. The molecular formula is CF2IRf-. The third kappa shape index (κ3) is 54.0. The van der Waals surface area contributed by atoms with Crippen LogP contribution in [0.4, 0.5) is 8.78 Å². The summed E-state index contributed by atoms with van der Waals surface area (Å²) in [6, 6.07) is 0. The summed E-state index contributed by atoms with van der Waals surface area (Å²) >= 11 is 0.927. The predicted molar refractivity (Wildman–Crippen MR) is 19.5 cm³/mol. The van der Waals surface area contributed by atoms with E-state index in [1.165, 1.54) is 0 Å². The van der Waals surface area contributed by atoms with Gasteiger partial charge in [-0.1, -0.05) is 0 Å². The predicted octanol–water partition coefficient (Wildman–Crippen LogP) is 1.81. The molecule has 0 nitrogen and oxygen atoms in total. The minimum absolute atomic E-state index is 0. The number of rotatable bonds is 0. The largest absolute Gasteiger partial charge is 0.409 e. The molecule has 0 aromatic rings. The molecular weight excluding hydrogens is 444 g/mol. The first-order chi connectivity index (χ1) is 1.73. The second kappa shape index (κ2) is 3.59. The van der Waals surface area contributed by atoms with Crippen molar-refractivity contribution in [2.45, 2.75) is 0 Å². The number of hydrogen-bond acceptors (Lipinski definition) is 0. The molecule has 0 spiro atoms. The molecule has 0 saturated heterocycles. The van der Waals surface area contributed by atoms with E-state index in [4.69, 9.17) is 0 Å². The summed E-state index contributed by atoms with van der Waals surface area (Å²) in [6.07, 6.45) is 0. The fourth-order valence-corrected chi connectivity index (χ4v) is 0. The van der Waals surface area contributed by atoms with Gasteiger partial charge in [0.25, 0.3) is 0 Å². The minimum atomic E-state index is -1.61. The topological polar surface area (TPSA) is 0 Å². The molecule has 5 heavy (non-hydrogen) atoms. The zero-order valence-corrected chi connectivity index (χ0v) is 10.9. The molecule has 0 aliphatic rings. The van der Waals surface area contributed by atoms with Crippen LogP contribution in [0.5, 0.6) is 0 Å². The Morgan fingerprint density at radius 1 is 1.40 bits per heavy atom. The van der Waals surface area contributed by atoms with Crippen LogP contribution in [0.15, 0.2) is 0 Å². The van der Waals surface area contributed by atoms with Gasteiger partial charge >= 0.3 is 0 Å². The Morgan fingerprint density at radius 3 is 1.40 bits per heavy atom. The molecule has 0 radical (unpaired) electrons. The molecule has 0 bridgehead atoms. The molecule has 0 N–H and O–H groups in total. The fourth-order valence-electron chi connectivity index (χ4n) is 0. The van der Waals surface area contributed by atoms with E-state index in [1.54, 1.807) is 0 Å². The van der Waals surface area contributed by atoms with Gasteiger partial charge < -0.3 is 8.78 Å². The van der Waals surface area contributed by atoms with Gasteiger partial charge in [0, 0.05) is 0 Å². The summed E-state index contributed by atoms with van der Waals surface area (Å²) in [5.74, 6) is 0. The Labute approximate surface area is 36.3 Å². The van der Waals surface area contributed by atoms with Crippen LogP contribution in [-0.4, -0.2) is 0 Å². The van der Waals surface area contributed by atoms with Crippen molar-refractivity contribution in [3.63, 3.8) is 0 Å². The van der Waals surface area contributed by atoms with Gasteiger partial charge in [0.1, 0.15) is 0 Å². The first-order valence-electron chi connectivity index (χ1n) is 0.567. The Kier molecular flexibility index (Phi) is 6.33. The van der Waals surface area contributed by atoms with E-state index in [0.717, 1.165) is 22.6 Å². The summed E-state index contributed by atoms with van der Waals surface area (Å²) < 4.78 is 18.9. The third-order valence-electron chi connectivity index (χ3n) is 0. The van der Waals surface area contributed by atoms with E-state index < -0.39 is 4.43 Å². The number of halogens is 3. The molecule has 0 aliphatic carbocycles. The van der Waals surface area contributed by atoms with Crippen molar-refractivity contribution in [2.24, 2.45) is 0 Å². The summed E-state index contributed by atoms with van der Waals surface area (Å²) in [5.41, 5.74) is 0. The maximum atomic E-state index is 10.2. The van der Waals surface area contributed by atoms with Crippen LogP contribution in [0.1, 0.15) is 0 Å². The molecule has 0 fully saturated rings. The van der Waals surface area contributed by atoms with E-state index in [2.05, 4.69) is 0 Å². The Hall–Kier alpha value is -0.410. The van der Waals surface area contributed by atoms with Gasteiger partial charge in [-0.3, -0.25) is 0 Å². The smallest absolute Gasteiger partial charge is 0.0594 e. The van der Waals surface area contributed by atoms with Crippen molar-refractivity contribution >= 4 is 22.6 Å². The maximum Gasteiger partial charge on any atom is 0.0594 e. The standard InChI is InChI=1S/CF2I.Rf/c2-1(3)4;/q-1;. The first kappa shape index (κ1) is 8.82. The van der Waals surface area contributed by atoms with Gasteiger partial charge in [0.2, 0.25) is 0 Å². The molecule has 0 heterocycles. The van der Waals surface area contributed by atoms with Crippen LogP contribution in [0, 0.1) is 4.43 Å². The van der Waals surface area contributed by atoms with Crippen molar-refractivity contribution in [1.82, 2.24) is 0 Å². The monoisotopic (exact) mass is 444 g/mol. The van der Waals surface area contributed by atoms with Crippen molar-refractivity contribution < 1.29 is 8.78 Å². The quantitative estimate of drug-likeness (QED) is 0.396. The molecule has 0 rings (SSSR count). The molecule has 0 aliphatic heterocycles. The Bertz CT molecular complexity index is 14.4. The summed E-state index contributed by atoms with van der Waals surface area (Å²) in [7, 11) is 0. The molecule has 0 amide bonds. The summed E-state index contributed by atoms with van der Waals surface area (Å²) in [6.45, 7) is 0. The SMILES string of the molecule is F[C-](F)I.[Rf]. The van der Waals surface area contributed by atoms with Crippen molar-refractivity contribution in [1.29, 1.82) is 0 Å². The van der Waals surface area contributed by atoms with Crippen LogP contribution < -0.4 is 0 Å². The van der Waals surface area contributed by atoms with E-state index in [0.29, 0.717) is 0 Å². The van der Waals surface area contributed by atoms with Crippen LogP contribution in [0.2, 0.25) is 0 Å². The van der Waals surface area contributed by atoms with Gasteiger partial charge in [0.15, 0.2) is 0 Å². The maximum absolute atomic E-state index is 10.2. The molecule has 0 aromatic carbocycles. The summed E-state index contributed by atoms with van der Waals surface area (Å²) in [5, 5.41) is 0. The molecule has 0 saturated carbocycles. The third-order valence-corrected chi connectivity index (χ3v) is 0. The van der Waals surface area contributed by atoms with Crippen LogP contribution in [0.25, 0.3) is 0 Å². The molecule has 0 atom stereocenters. The zero-order valence-electron chi connectivity index (χ0n) is 2.34. The van der Waals surface area contributed by atoms with Crippen LogP contribution in [-0.2, 0) is 0 Å². The second-order valence-electron chi connectivity index (χ2n) is 0.214. The molecule has 4 heteroatoms. The Morgan fingerprint density at radius 2 is 1.40 bits per heavy atom. The second-order valence-corrected chi connectivity index (χ2v) is 1.03. The average molecular weight is 444 g/mol. The van der Waals surface area contributed by atoms with Crippen LogP contribution >= 0.6 is 22.6 Å². The van der Waals surface area contributed by atoms with Gasteiger partial charge in [-0.2, -0.15) is 0 Å². The van der Waals surface area contributed by atoms with Crippen molar-refractivity contribution in [3.8, 4) is 0 Å². The molecule has 28 valence electrons. The van der Waals surface area contributed by atoms with E-state index in [1.807, 2.05) is 0 Å². The zero-order chi connectivity index (χ0) is 3.58. The van der Waals surface area contributed by atoms with Gasteiger partial charge in [-0.15, -0.1) is 0 Å². The molecule has 0 unspecified atom stereocenters. The average Bonchev–Trinajstić information content (AvgIpc) is 0.811. The van der Waals surface area contributed by atoms with E-state index in [-0.39, 0.29) is 0 Å². The minimum Gasteiger partial charge on any atom is -0.409 e. The van der Waals surface area contributed by atoms with Crippen molar-refractivity contribution in [2.75, 3.05) is 0 Å². The van der Waals surface area contributed by atoms with Crippen LogP contribution in [0.3, 0.4) is 0 Å². The summed E-state index contributed by atoms with van der Waals surface area (Å²) in [4.78, 5) is 0. The van der Waals surface area contributed by atoms with Crippen molar-refractivity contribution in [3.05, 3.63) is 4.43 Å². The van der Waals surface area contributed by atoms with Gasteiger partial charge in [-0.05, 0) is 0 Å². The van der Waals surface area contributed by atoms with Gasteiger partial charge in [-0.25, -0.2) is 22.6 Å². The normalized spacial score (nSPS) is 7.20. The van der Waals surface area contributed by atoms with E-state index in [9.17, 15) is 8.78 Å². The fraction of sp³-hybridized carbons (Fsp3) is 0. The van der Waals surface area contributed by atoms with Gasteiger partial charge in [0.05, 0.1) is 4.43 Å². The molecule has 0 aromatic heterocycles. The van der Waals surface area contributed by atoms with E-state index >= 15 is 0 Å². The first-order valence-corrected chi connectivity index (χ1v) is 1.65. The Balaban J connectivity index is 0.